The van der Waals surface area contributed by atoms with E-state index in [4.69, 9.17) is 10.00 Å². The molecule has 1 atom stereocenters. The summed E-state index contributed by atoms with van der Waals surface area (Å²) in [5.41, 5.74) is 1.06. The summed E-state index contributed by atoms with van der Waals surface area (Å²) in [5, 5.41) is 8.94. The van der Waals surface area contributed by atoms with E-state index in [1.165, 1.54) is 26.2 Å². The van der Waals surface area contributed by atoms with Crippen LogP contribution >= 0.6 is 0 Å². The molecule has 0 bridgehead atoms. The standard InChI is InChI=1S/C17H23NO2/c1-4-5-6-7-8-13(2)20-17-11-15(12-18)9-10-16(17)14(3)19/h9-11,13H,4-8H2,1-3H3. The molecular weight excluding hydrogens is 250 g/mol. The largest absolute Gasteiger partial charge is 0.490 e. The number of benzene rings is 1. The van der Waals surface area contributed by atoms with Crippen molar-refractivity contribution in [3.63, 3.8) is 0 Å². The van der Waals surface area contributed by atoms with Gasteiger partial charge in [0.15, 0.2) is 5.78 Å². The highest BCUT2D eigenvalue weighted by molar-refractivity contribution is 5.97. The molecule has 1 rings (SSSR count). The highest BCUT2D eigenvalue weighted by Crippen LogP contribution is 2.23. The number of hydrogen-bond acceptors (Lipinski definition) is 3. The predicted molar refractivity (Wildman–Crippen MR) is 80.0 cm³/mol. The van der Waals surface area contributed by atoms with Gasteiger partial charge in [-0.1, -0.05) is 26.2 Å². The first kappa shape index (κ1) is 16.2. The number of unbranched alkanes of at least 4 members (excludes halogenated alkanes) is 3. The first-order valence-corrected chi connectivity index (χ1v) is 7.30. The third-order valence-electron chi connectivity index (χ3n) is 3.28. The summed E-state index contributed by atoms with van der Waals surface area (Å²) in [6, 6.07) is 7.04. The number of rotatable bonds is 8. The fourth-order valence-corrected chi connectivity index (χ4v) is 2.11. The maximum atomic E-state index is 11.6. The zero-order valence-corrected chi connectivity index (χ0v) is 12.6. The fourth-order valence-electron chi connectivity index (χ4n) is 2.11. The van der Waals surface area contributed by atoms with Gasteiger partial charge >= 0.3 is 0 Å². The molecule has 0 amide bonds. The van der Waals surface area contributed by atoms with E-state index < -0.39 is 0 Å². The zero-order valence-electron chi connectivity index (χ0n) is 12.6. The topological polar surface area (TPSA) is 50.1 Å². The van der Waals surface area contributed by atoms with Crippen LogP contribution in [0.25, 0.3) is 0 Å². The third-order valence-corrected chi connectivity index (χ3v) is 3.28. The second kappa shape index (κ2) is 8.37. The van der Waals surface area contributed by atoms with E-state index in [0.717, 1.165) is 12.8 Å². The van der Waals surface area contributed by atoms with E-state index in [2.05, 4.69) is 13.0 Å². The van der Waals surface area contributed by atoms with Gasteiger partial charge in [0.05, 0.1) is 23.3 Å². The van der Waals surface area contributed by atoms with Crippen LogP contribution in [0.1, 0.15) is 68.8 Å². The Morgan fingerprint density at radius 1 is 1.35 bits per heavy atom. The van der Waals surface area contributed by atoms with Crippen molar-refractivity contribution in [2.75, 3.05) is 0 Å². The molecule has 20 heavy (non-hydrogen) atoms. The van der Waals surface area contributed by atoms with Crippen LogP contribution in [0.3, 0.4) is 0 Å². The molecule has 0 aliphatic rings. The van der Waals surface area contributed by atoms with Crippen molar-refractivity contribution in [1.29, 1.82) is 5.26 Å². The monoisotopic (exact) mass is 273 g/mol. The van der Waals surface area contributed by atoms with Gasteiger partial charge in [0, 0.05) is 0 Å². The maximum absolute atomic E-state index is 11.6. The molecule has 0 radical (unpaired) electrons. The lowest BCUT2D eigenvalue weighted by Crippen LogP contribution is -2.13. The van der Waals surface area contributed by atoms with Crippen molar-refractivity contribution in [1.82, 2.24) is 0 Å². The zero-order chi connectivity index (χ0) is 15.0. The van der Waals surface area contributed by atoms with Crippen LogP contribution in [0.2, 0.25) is 0 Å². The van der Waals surface area contributed by atoms with Crippen molar-refractivity contribution >= 4 is 5.78 Å². The summed E-state index contributed by atoms with van der Waals surface area (Å²) < 4.78 is 5.86. The van der Waals surface area contributed by atoms with Crippen LogP contribution in [0, 0.1) is 11.3 Å². The number of hydrogen-bond donors (Lipinski definition) is 0. The van der Waals surface area contributed by atoms with Gasteiger partial charge in [0.25, 0.3) is 0 Å². The first-order chi connectivity index (χ1) is 9.58. The highest BCUT2D eigenvalue weighted by atomic mass is 16.5. The van der Waals surface area contributed by atoms with Crippen LogP contribution < -0.4 is 4.74 Å². The first-order valence-electron chi connectivity index (χ1n) is 7.30. The lowest BCUT2D eigenvalue weighted by atomic mass is 10.1. The molecule has 0 aliphatic carbocycles. The number of nitrogens with zero attached hydrogens (tertiary/aromatic N) is 1. The van der Waals surface area contributed by atoms with Crippen molar-refractivity contribution in [3.8, 4) is 11.8 Å². The van der Waals surface area contributed by atoms with Crippen molar-refractivity contribution < 1.29 is 9.53 Å². The Hall–Kier alpha value is -1.82. The summed E-state index contributed by atoms with van der Waals surface area (Å²) in [6.07, 6.45) is 5.82. The fraction of sp³-hybridized carbons (Fsp3) is 0.529. The summed E-state index contributed by atoms with van der Waals surface area (Å²) in [5.74, 6) is 0.488. The summed E-state index contributed by atoms with van der Waals surface area (Å²) in [7, 11) is 0. The molecule has 0 N–H and O–H groups in total. The Kier molecular flexibility index (Phi) is 6.79. The van der Waals surface area contributed by atoms with E-state index in [1.807, 2.05) is 6.92 Å². The van der Waals surface area contributed by atoms with E-state index in [1.54, 1.807) is 18.2 Å². The second-order valence-corrected chi connectivity index (χ2v) is 5.16. The molecule has 3 nitrogen and oxygen atoms in total. The van der Waals surface area contributed by atoms with E-state index in [9.17, 15) is 4.79 Å². The van der Waals surface area contributed by atoms with Crippen LogP contribution in [0.15, 0.2) is 18.2 Å². The van der Waals surface area contributed by atoms with Gasteiger partial charge in [-0.05, 0) is 44.9 Å². The van der Waals surface area contributed by atoms with Crippen LogP contribution in [-0.4, -0.2) is 11.9 Å². The quantitative estimate of drug-likeness (QED) is 0.517. The van der Waals surface area contributed by atoms with Crippen molar-refractivity contribution in [3.05, 3.63) is 29.3 Å². The lowest BCUT2D eigenvalue weighted by Gasteiger charge is -2.17. The normalized spacial score (nSPS) is 11.7. The van der Waals surface area contributed by atoms with Crippen LogP contribution in [0.5, 0.6) is 5.75 Å². The minimum absolute atomic E-state index is 0.0392. The van der Waals surface area contributed by atoms with Crippen molar-refractivity contribution in [2.45, 2.75) is 59.0 Å². The molecule has 0 heterocycles. The van der Waals surface area contributed by atoms with Crippen LogP contribution in [0.4, 0.5) is 0 Å². The van der Waals surface area contributed by atoms with Gasteiger partial charge in [-0.15, -0.1) is 0 Å². The van der Waals surface area contributed by atoms with Gasteiger partial charge in [0.1, 0.15) is 5.75 Å². The van der Waals surface area contributed by atoms with Gasteiger partial charge in [0.2, 0.25) is 0 Å². The number of ketones is 1. The highest BCUT2D eigenvalue weighted by Gasteiger charge is 2.12. The molecule has 0 saturated carbocycles. The Bertz CT molecular complexity index is 488. The van der Waals surface area contributed by atoms with Gasteiger partial charge in [-0.3, -0.25) is 4.79 Å². The Morgan fingerprint density at radius 2 is 2.10 bits per heavy atom. The van der Waals surface area contributed by atoms with Gasteiger partial charge < -0.3 is 4.74 Å². The van der Waals surface area contributed by atoms with E-state index >= 15 is 0 Å². The number of ether oxygens (including phenoxy) is 1. The number of Topliss-reactive ketones (excluding diaryl/α,β-unsaturated/α-hetero) is 1. The van der Waals surface area contributed by atoms with E-state index in [0.29, 0.717) is 16.9 Å². The molecule has 108 valence electrons. The van der Waals surface area contributed by atoms with E-state index in [-0.39, 0.29) is 11.9 Å². The molecule has 1 aromatic rings. The molecule has 1 aromatic carbocycles. The van der Waals surface area contributed by atoms with Gasteiger partial charge in [-0.25, -0.2) is 0 Å². The molecule has 0 aromatic heterocycles. The minimum atomic E-state index is -0.0392. The Labute approximate surface area is 121 Å². The number of nitriles is 1. The van der Waals surface area contributed by atoms with Crippen molar-refractivity contribution in [2.24, 2.45) is 0 Å². The molecule has 0 spiro atoms. The third kappa shape index (κ3) is 5.05. The summed E-state index contributed by atoms with van der Waals surface area (Å²) in [4.78, 5) is 11.6. The SMILES string of the molecule is CCCCCCC(C)Oc1cc(C#N)ccc1C(C)=O. The van der Waals surface area contributed by atoms with Crippen LogP contribution in [-0.2, 0) is 0 Å². The minimum Gasteiger partial charge on any atom is -0.490 e. The Balaban J connectivity index is 2.69. The molecule has 0 saturated heterocycles. The number of carbonyl (C=O) groups excluding carboxylic acids is 1. The molecule has 0 aliphatic heterocycles. The van der Waals surface area contributed by atoms with Gasteiger partial charge in [-0.2, -0.15) is 5.26 Å². The molecular formula is C17H23NO2. The summed E-state index contributed by atoms with van der Waals surface area (Å²) >= 11 is 0. The second-order valence-electron chi connectivity index (χ2n) is 5.16. The average molecular weight is 273 g/mol. The maximum Gasteiger partial charge on any atom is 0.163 e. The molecule has 1 unspecified atom stereocenters. The predicted octanol–water partition coefficient (Wildman–Crippen LogP) is 4.50. The number of carbonyl (C=O) groups is 1. The molecule has 0 fully saturated rings. The summed E-state index contributed by atoms with van der Waals surface area (Å²) in [6.45, 7) is 5.71. The smallest absolute Gasteiger partial charge is 0.163 e. The Morgan fingerprint density at radius 3 is 2.70 bits per heavy atom. The average Bonchev–Trinajstić information content (AvgIpc) is 2.43. The lowest BCUT2D eigenvalue weighted by molar-refractivity contribution is 0.101. The molecule has 3 heteroatoms.